The van der Waals surface area contributed by atoms with Crippen molar-refractivity contribution in [2.75, 3.05) is 13.1 Å². The third-order valence-electron chi connectivity index (χ3n) is 2.95. The van der Waals surface area contributed by atoms with E-state index in [0.717, 1.165) is 12.2 Å². The van der Waals surface area contributed by atoms with E-state index in [2.05, 4.69) is 5.10 Å². The summed E-state index contributed by atoms with van der Waals surface area (Å²) in [4.78, 5) is 13.6. The van der Waals surface area contributed by atoms with Crippen LogP contribution in [-0.2, 0) is 18.6 Å². The molecule has 0 aromatic heterocycles. The van der Waals surface area contributed by atoms with E-state index in [9.17, 15) is 4.79 Å². The monoisotopic (exact) mass is 295 g/mol. The minimum Gasteiger partial charge on any atom is -0.487 e. The van der Waals surface area contributed by atoms with Crippen molar-refractivity contribution in [3.8, 4) is 5.75 Å². The second-order valence-electron chi connectivity index (χ2n) is 4.30. The van der Waals surface area contributed by atoms with Crippen LogP contribution >= 0.6 is 0 Å². The summed E-state index contributed by atoms with van der Waals surface area (Å²) in [5.74, 6) is 0.848. The summed E-state index contributed by atoms with van der Waals surface area (Å²) in [5.41, 5.74) is 0. The molecule has 0 bridgehead atoms. The van der Waals surface area contributed by atoms with E-state index in [4.69, 9.17) is 4.74 Å². The van der Waals surface area contributed by atoms with Crippen LogP contribution in [0.15, 0.2) is 35.4 Å². The quantitative estimate of drug-likeness (QED) is 0.780. The van der Waals surface area contributed by atoms with Crippen molar-refractivity contribution in [1.82, 2.24) is 9.91 Å². The van der Waals surface area contributed by atoms with Gasteiger partial charge in [0, 0.05) is 18.6 Å². The van der Waals surface area contributed by atoms with E-state index < -0.39 is 0 Å². The first-order chi connectivity index (χ1) is 8.83. The van der Waals surface area contributed by atoms with Gasteiger partial charge in [-0.2, -0.15) is 0 Å². The second-order valence-corrected chi connectivity index (χ2v) is 4.30. The second kappa shape index (κ2) is 6.13. The average molecular weight is 295 g/mol. The van der Waals surface area contributed by atoms with Crippen LogP contribution in [0.5, 0.6) is 5.75 Å². The molecule has 0 aliphatic carbocycles. The van der Waals surface area contributed by atoms with Gasteiger partial charge in [0.15, 0.2) is 0 Å². The predicted octanol–water partition coefficient (Wildman–Crippen LogP) is 1.72. The van der Waals surface area contributed by atoms with Crippen LogP contribution in [0.3, 0.4) is 0 Å². The molecule has 3 rings (SSSR count). The Kier molecular flexibility index (Phi) is 4.50. The molecule has 99 valence electrons. The molecule has 2 aliphatic heterocycles. The number of hydrogen-bond donors (Lipinski definition) is 0. The number of carbonyl (C=O) groups excluding carboxylic acids is 1. The van der Waals surface area contributed by atoms with Gasteiger partial charge in [-0.25, -0.2) is 16.4 Å². The molecule has 2 heterocycles. The van der Waals surface area contributed by atoms with Gasteiger partial charge in [0.05, 0.1) is 13.1 Å². The van der Waals surface area contributed by atoms with Gasteiger partial charge >= 0.3 is 6.03 Å². The van der Waals surface area contributed by atoms with Crippen LogP contribution in [0.2, 0.25) is 0 Å². The van der Waals surface area contributed by atoms with Crippen molar-refractivity contribution >= 4 is 12.2 Å². The molecule has 1 aromatic rings. The van der Waals surface area contributed by atoms with E-state index in [0.29, 0.717) is 13.1 Å². The summed E-state index contributed by atoms with van der Waals surface area (Å²) in [5, 5.41) is 5.36. The maximum Gasteiger partial charge on any atom is 0.310 e. The van der Waals surface area contributed by atoms with E-state index in [-0.39, 0.29) is 30.7 Å². The fraction of sp³-hybridized carbons (Fsp3) is 0.308. The number of hydrazone groups is 1. The van der Waals surface area contributed by atoms with Gasteiger partial charge in [-0.05, 0) is 18.3 Å². The first-order valence-corrected chi connectivity index (χ1v) is 5.98. The van der Waals surface area contributed by atoms with Crippen LogP contribution in [0.4, 0.5) is 4.79 Å². The van der Waals surface area contributed by atoms with Crippen molar-refractivity contribution in [1.29, 1.82) is 0 Å². The minimum atomic E-state index is -0.0725. The van der Waals surface area contributed by atoms with E-state index >= 15 is 0 Å². The molecule has 0 atom stereocenters. The van der Waals surface area contributed by atoms with Gasteiger partial charge in [0.25, 0.3) is 0 Å². The molecular formula is C13H14N3O2V-. The number of carbonyl (C=O) groups is 1. The number of ether oxygens (including phenoxy) is 1. The Morgan fingerprint density at radius 3 is 2.68 bits per heavy atom. The topological polar surface area (TPSA) is 45.1 Å². The van der Waals surface area contributed by atoms with E-state index in [1.807, 2.05) is 30.3 Å². The van der Waals surface area contributed by atoms with Gasteiger partial charge in [0.1, 0.15) is 11.9 Å². The fourth-order valence-corrected chi connectivity index (χ4v) is 1.96. The SMILES string of the molecule is O=C(N1CC(Oc2ccccc2)C1)N1[CH-]CC=N1.[V]. The molecule has 1 radical (unpaired) electrons. The van der Waals surface area contributed by atoms with Crippen molar-refractivity contribution in [2.45, 2.75) is 12.5 Å². The summed E-state index contributed by atoms with van der Waals surface area (Å²) < 4.78 is 5.73. The maximum absolute atomic E-state index is 11.9. The predicted molar refractivity (Wildman–Crippen MR) is 67.1 cm³/mol. The molecule has 19 heavy (non-hydrogen) atoms. The van der Waals surface area contributed by atoms with Crippen molar-refractivity contribution in [3.63, 3.8) is 0 Å². The fourth-order valence-electron chi connectivity index (χ4n) is 1.96. The first-order valence-electron chi connectivity index (χ1n) is 5.98. The Balaban J connectivity index is 0.00000133. The van der Waals surface area contributed by atoms with Crippen LogP contribution in [0.25, 0.3) is 0 Å². The van der Waals surface area contributed by atoms with E-state index in [1.165, 1.54) is 5.01 Å². The zero-order valence-electron chi connectivity index (χ0n) is 10.3. The number of amides is 2. The molecule has 0 spiro atoms. The number of urea groups is 1. The zero-order valence-corrected chi connectivity index (χ0v) is 11.7. The molecule has 2 aliphatic rings. The third kappa shape index (κ3) is 3.11. The summed E-state index contributed by atoms with van der Waals surface area (Å²) >= 11 is 0. The number of nitrogens with zero attached hydrogens (tertiary/aromatic N) is 3. The van der Waals surface area contributed by atoms with E-state index in [1.54, 1.807) is 17.7 Å². The number of likely N-dealkylation sites (tertiary alicyclic amines) is 1. The van der Waals surface area contributed by atoms with Gasteiger partial charge in [-0.1, -0.05) is 18.2 Å². The zero-order chi connectivity index (χ0) is 12.4. The third-order valence-corrected chi connectivity index (χ3v) is 2.95. The number of rotatable bonds is 2. The molecule has 1 fully saturated rings. The smallest absolute Gasteiger partial charge is 0.310 e. The van der Waals surface area contributed by atoms with Crippen molar-refractivity contribution < 1.29 is 28.1 Å². The molecule has 5 nitrogen and oxygen atoms in total. The Labute approximate surface area is 124 Å². The van der Waals surface area contributed by atoms with Gasteiger partial charge in [0.2, 0.25) is 0 Å². The molecule has 1 saturated heterocycles. The summed E-state index contributed by atoms with van der Waals surface area (Å²) in [7, 11) is 0. The molecule has 6 heteroatoms. The first kappa shape index (κ1) is 14.0. The van der Waals surface area contributed by atoms with Gasteiger partial charge in [-0.15, -0.1) is 6.42 Å². The number of benzene rings is 1. The van der Waals surface area contributed by atoms with Gasteiger partial charge in [-0.3, -0.25) is 0 Å². The molecule has 0 saturated carbocycles. The summed E-state index contributed by atoms with van der Waals surface area (Å²) in [6.45, 7) is 3.01. The number of para-hydroxylation sites is 1. The molecule has 2 amide bonds. The van der Waals surface area contributed by atoms with Crippen LogP contribution in [0, 0.1) is 6.54 Å². The summed E-state index contributed by atoms with van der Waals surface area (Å²) in [6.07, 6.45) is 2.53. The summed E-state index contributed by atoms with van der Waals surface area (Å²) in [6, 6.07) is 9.59. The molecule has 0 N–H and O–H groups in total. The van der Waals surface area contributed by atoms with Crippen molar-refractivity contribution in [2.24, 2.45) is 5.10 Å². The largest absolute Gasteiger partial charge is 0.487 e. The Morgan fingerprint density at radius 2 is 2.05 bits per heavy atom. The maximum atomic E-state index is 11.9. The molecule has 1 aromatic carbocycles. The Hall–Kier alpha value is -1.46. The average Bonchev–Trinajstić information content (AvgIpc) is 2.87. The van der Waals surface area contributed by atoms with Gasteiger partial charge < -0.3 is 14.6 Å². The van der Waals surface area contributed by atoms with Crippen molar-refractivity contribution in [3.05, 3.63) is 36.9 Å². The van der Waals surface area contributed by atoms with Crippen LogP contribution < -0.4 is 4.74 Å². The normalized spacial score (nSPS) is 17.9. The number of hydrogen-bond acceptors (Lipinski definition) is 3. The van der Waals surface area contributed by atoms with Crippen LogP contribution in [-0.4, -0.2) is 41.3 Å². The standard InChI is InChI=1S/C13H14N3O2.V/c17-13(16-8-4-7-14-16)15-9-12(10-15)18-11-5-2-1-3-6-11;/h1-3,5-8,12H,4,9-10H2;/q-1;. The molecular weight excluding hydrogens is 281 g/mol. The Morgan fingerprint density at radius 1 is 1.32 bits per heavy atom. The Bertz CT molecular complexity index is 460. The minimum absolute atomic E-state index is 0. The molecule has 0 unspecified atom stereocenters. The van der Waals surface area contributed by atoms with Crippen LogP contribution in [0.1, 0.15) is 6.42 Å².